The molecule has 0 saturated carbocycles. The molecule has 0 bridgehead atoms. The molecule has 1 fully saturated rings. The van der Waals surface area contributed by atoms with Crippen LogP contribution in [-0.4, -0.2) is 60.3 Å². The highest BCUT2D eigenvalue weighted by atomic mass is 16.1. The molecule has 0 aromatic carbocycles. The summed E-state index contributed by atoms with van der Waals surface area (Å²) >= 11 is 0. The van der Waals surface area contributed by atoms with Crippen LogP contribution in [0.2, 0.25) is 0 Å². The summed E-state index contributed by atoms with van der Waals surface area (Å²) in [4.78, 5) is 15.8. The third-order valence-corrected chi connectivity index (χ3v) is 3.21. The number of anilines is 1. The molecule has 0 spiro atoms. The third-order valence-electron chi connectivity index (χ3n) is 3.21. The number of carbonyl (C=O) groups excluding carboxylic acids is 1. The Balaban J connectivity index is 1.94. The van der Waals surface area contributed by atoms with Gasteiger partial charge in [0.25, 0.3) is 5.91 Å². The van der Waals surface area contributed by atoms with Gasteiger partial charge in [0.2, 0.25) is 0 Å². The van der Waals surface area contributed by atoms with E-state index in [9.17, 15) is 4.79 Å². The lowest BCUT2D eigenvalue weighted by Gasteiger charge is -2.33. The van der Waals surface area contributed by atoms with Crippen LogP contribution in [0.5, 0.6) is 0 Å². The maximum absolute atomic E-state index is 11.6. The second kappa shape index (κ2) is 6.82. The van der Waals surface area contributed by atoms with E-state index in [0.29, 0.717) is 18.8 Å². The highest BCUT2D eigenvalue weighted by Crippen LogP contribution is 2.12. The van der Waals surface area contributed by atoms with Crippen LogP contribution in [0, 0.1) is 11.3 Å². The molecule has 1 saturated heterocycles. The first-order valence-electron chi connectivity index (χ1n) is 6.70. The molecule has 1 amide bonds. The van der Waals surface area contributed by atoms with Gasteiger partial charge in [-0.1, -0.05) is 0 Å². The van der Waals surface area contributed by atoms with Crippen LogP contribution in [0.1, 0.15) is 17.4 Å². The number of nitriles is 1. The Morgan fingerprint density at radius 2 is 2.10 bits per heavy atom. The number of nitrogens with zero attached hydrogens (tertiary/aromatic N) is 5. The lowest BCUT2D eigenvalue weighted by atomic mass is 10.3. The van der Waals surface area contributed by atoms with E-state index in [4.69, 9.17) is 5.26 Å². The summed E-state index contributed by atoms with van der Waals surface area (Å²) in [6, 6.07) is 5.67. The number of nitrogens with one attached hydrogen (secondary N) is 1. The van der Waals surface area contributed by atoms with Gasteiger partial charge in [0, 0.05) is 32.7 Å². The Labute approximate surface area is 118 Å². The van der Waals surface area contributed by atoms with Crippen LogP contribution < -0.4 is 10.2 Å². The van der Waals surface area contributed by atoms with E-state index in [0.717, 1.165) is 32.0 Å². The first-order chi connectivity index (χ1) is 9.74. The van der Waals surface area contributed by atoms with Crippen molar-refractivity contribution in [2.24, 2.45) is 0 Å². The second-order valence-electron chi connectivity index (χ2n) is 4.56. The Bertz CT molecular complexity index is 487. The molecule has 1 aliphatic rings. The van der Waals surface area contributed by atoms with Gasteiger partial charge >= 0.3 is 0 Å². The van der Waals surface area contributed by atoms with Crippen LogP contribution in [-0.2, 0) is 0 Å². The van der Waals surface area contributed by atoms with E-state index in [1.54, 1.807) is 6.07 Å². The van der Waals surface area contributed by atoms with Crippen LogP contribution in [0.4, 0.5) is 5.82 Å². The SMILES string of the molecule is CCNC(=O)c1ccc(N2CCN(CC#N)CC2)nn1. The van der Waals surface area contributed by atoms with Gasteiger partial charge in [-0.15, -0.1) is 10.2 Å². The second-order valence-corrected chi connectivity index (χ2v) is 4.56. The highest BCUT2D eigenvalue weighted by Gasteiger charge is 2.18. The number of hydrogen-bond acceptors (Lipinski definition) is 6. The monoisotopic (exact) mass is 274 g/mol. The summed E-state index contributed by atoms with van der Waals surface area (Å²) in [7, 11) is 0. The maximum atomic E-state index is 11.6. The average Bonchev–Trinajstić information content (AvgIpc) is 2.49. The summed E-state index contributed by atoms with van der Waals surface area (Å²) in [6.07, 6.45) is 0. The quantitative estimate of drug-likeness (QED) is 0.770. The number of carbonyl (C=O) groups is 1. The van der Waals surface area contributed by atoms with Gasteiger partial charge < -0.3 is 10.2 Å². The van der Waals surface area contributed by atoms with Crippen molar-refractivity contribution in [2.75, 3.05) is 44.2 Å². The lowest BCUT2D eigenvalue weighted by Crippen LogP contribution is -2.46. The van der Waals surface area contributed by atoms with Crippen LogP contribution in [0.3, 0.4) is 0 Å². The fraction of sp³-hybridized carbons (Fsp3) is 0.538. The molecule has 0 radical (unpaired) electrons. The normalized spacial score (nSPS) is 15.7. The van der Waals surface area contributed by atoms with Gasteiger partial charge in [-0.25, -0.2) is 0 Å². The van der Waals surface area contributed by atoms with E-state index in [-0.39, 0.29) is 5.91 Å². The van der Waals surface area contributed by atoms with Gasteiger partial charge in [0.1, 0.15) is 0 Å². The number of aromatic nitrogens is 2. The average molecular weight is 274 g/mol. The predicted octanol–water partition coefficient (Wildman–Crippen LogP) is -0.128. The molecule has 1 N–H and O–H groups in total. The maximum Gasteiger partial charge on any atom is 0.271 e. The summed E-state index contributed by atoms with van der Waals surface area (Å²) in [5.41, 5.74) is 0.332. The molecule has 1 aromatic heterocycles. The van der Waals surface area contributed by atoms with Crippen molar-refractivity contribution >= 4 is 11.7 Å². The first-order valence-corrected chi connectivity index (χ1v) is 6.70. The zero-order chi connectivity index (χ0) is 14.4. The molecule has 1 aromatic rings. The molecule has 0 aliphatic carbocycles. The summed E-state index contributed by atoms with van der Waals surface area (Å²) < 4.78 is 0. The van der Waals surface area contributed by atoms with Crippen LogP contribution in [0.15, 0.2) is 12.1 Å². The van der Waals surface area contributed by atoms with Crippen LogP contribution in [0.25, 0.3) is 0 Å². The molecule has 7 nitrogen and oxygen atoms in total. The fourth-order valence-corrected chi connectivity index (χ4v) is 2.10. The van der Waals surface area contributed by atoms with Crippen molar-refractivity contribution in [1.82, 2.24) is 20.4 Å². The third kappa shape index (κ3) is 3.42. The summed E-state index contributed by atoms with van der Waals surface area (Å²) in [6.45, 7) is 6.22. The Hall–Kier alpha value is -2.20. The number of amides is 1. The minimum Gasteiger partial charge on any atom is -0.353 e. The zero-order valence-electron chi connectivity index (χ0n) is 11.5. The van der Waals surface area contributed by atoms with E-state index >= 15 is 0 Å². The molecule has 7 heteroatoms. The van der Waals surface area contributed by atoms with E-state index in [1.165, 1.54) is 0 Å². The Kier molecular flexibility index (Phi) is 4.85. The fourth-order valence-electron chi connectivity index (χ4n) is 2.10. The molecule has 2 heterocycles. The molecular formula is C13H18N6O. The summed E-state index contributed by atoms with van der Waals surface area (Å²) in [5.74, 6) is 0.569. The lowest BCUT2D eigenvalue weighted by molar-refractivity contribution is 0.0950. The number of piperazine rings is 1. The van der Waals surface area contributed by atoms with Crippen molar-refractivity contribution in [3.63, 3.8) is 0 Å². The number of rotatable bonds is 4. The zero-order valence-corrected chi connectivity index (χ0v) is 11.5. The molecule has 0 unspecified atom stereocenters. The molecule has 106 valence electrons. The van der Waals surface area contributed by atoms with Gasteiger partial charge in [-0.05, 0) is 19.1 Å². The standard InChI is InChI=1S/C13H18N6O/c1-2-15-13(20)11-3-4-12(17-16-11)19-9-7-18(6-5-14)8-10-19/h3-4H,2,6-10H2,1H3,(H,15,20). The van der Waals surface area contributed by atoms with Crippen molar-refractivity contribution in [2.45, 2.75) is 6.92 Å². The smallest absolute Gasteiger partial charge is 0.271 e. The molecule has 20 heavy (non-hydrogen) atoms. The van der Waals surface area contributed by atoms with Crippen molar-refractivity contribution < 1.29 is 4.79 Å². The van der Waals surface area contributed by atoms with Crippen molar-refractivity contribution in [3.8, 4) is 6.07 Å². The highest BCUT2D eigenvalue weighted by molar-refractivity contribution is 5.92. The van der Waals surface area contributed by atoms with Gasteiger partial charge in [0.15, 0.2) is 11.5 Å². The van der Waals surface area contributed by atoms with E-state index < -0.39 is 0 Å². The molecule has 1 aliphatic heterocycles. The molecule has 0 atom stereocenters. The summed E-state index contributed by atoms with van der Waals surface area (Å²) in [5, 5.41) is 19.4. The molecular weight excluding hydrogens is 256 g/mol. The van der Waals surface area contributed by atoms with Crippen molar-refractivity contribution in [3.05, 3.63) is 17.8 Å². The van der Waals surface area contributed by atoms with Crippen LogP contribution >= 0.6 is 0 Å². The van der Waals surface area contributed by atoms with Gasteiger partial charge in [0.05, 0.1) is 12.6 Å². The van der Waals surface area contributed by atoms with Crippen molar-refractivity contribution in [1.29, 1.82) is 5.26 Å². The molecule has 2 rings (SSSR count). The van der Waals surface area contributed by atoms with E-state index in [1.807, 2.05) is 13.0 Å². The largest absolute Gasteiger partial charge is 0.353 e. The van der Waals surface area contributed by atoms with E-state index in [2.05, 4.69) is 31.4 Å². The Morgan fingerprint density at radius 3 is 2.65 bits per heavy atom. The predicted molar refractivity (Wildman–Crippen MR) is 74.3 cm³/mol. The van der Waals surface area contributed by atoms with Gasteiger partial charge in [-0.2, -0.15) is 5.26 Å². The topological polar surface area (TPSA) is 85.2 Å². The van der Waals surface area contributed by atoms with Gasteiger partial charge in [-0.3, -0.25) is 9.69 Å². The Morgan fingerprint density at radius 1 is 1.35 bits per heavy atom. The first kappa shape index (κ1) is 14.2. The minimum absolute atomic E-state index is 0.203. The number of hydrogen-bond donors (Lipinski definition) is 1. The minimum atomic E-state index is -0.203.